The molecule has 1 N–H and O–H groups in total. The molecule has 2 heteroatoms. The number of ether oxygens (including phenoxy) is 1. The Kier molecular flexibility index (Phi) is 7.11. The Labute approximate surface area is 75.2 Å². The van der Waals surface area contributed by atoms with Crippen LogP contribution in [0.15, 0.2) is 12.2 Å². The monoisotopic (exact) mass is 172 g/mol. The minimum absolute atomic E-state index is 0.205. The number of aliphatic hydroxyl groups is 1. The van der Waals surface area contributed by atoms with Crippen molar-refractivity contribution in [2.24, 2.45) is 5.92 Å². The molecule has 0 spiro atoms. The summed E-state index contributed by atoms with van der Waals surface area (Å²) in [7, 11) is 1.72. The fourth-order valence-corrected chi connectivity index (χ4v) is 1.04. The largest absolute Gasteiger partial charge is 0.396 e. The summed E-state index contributed by atoms with van der Waals surface area (Å²) < 4.78 is 5.24. The van der Waals surface area contributed by atoms with Crippen molar-refractivity contribution >= 4 is 0 Å². The lowest BCUT2D eigenvalue weighted by Crippen LogP contribution is -2.10. The van der Waals surface area contributed by atoms with Gasteiger partial charge < -0.3 is 9.84 Å². The molecule has 1 atom stereocenters. The summed E-state index contributed by atoms with van der Waals surface area (Å²) in [6, 6.07) is 0. The van der Waals surface area contributed by atoms with Crippen LogP contribution in [0.1, 0.15) is 26.7 Å². The van der Waals surface area contributed by atoms with E-state index in [4.69, 9.17) is 9.84 Å². The van der Waals surface area contributed by atoms with Gasteiger partial charge >= 0.3 is 0 Å². The van der Waals surface area contributed by atoms with Crippen LogP contribution in [0.4, 0.5) is 0 Å². The van der Waals surface area contributed by atoms with E-state index in [1.54, 1.807) is 7.11 Å². The molecule has 72 valence electrons. The standard InChI is InChI=1S/C10H20O2/c1-9(2)8-10(12-3)6-4-5-7-11/h4,6,9-11H,5,7-8H2,1-3H3. The quantitative estimate of drug-likeness (QED) is 0.621. The lowest BCUT2D eigenvalue weighted by atomic mass is 10.1. The molecule has 0 aliphatic rings. The van der Waals surface area contributed by atoms with Gasteiger partial charge in [-0.3, -0.25) is 0 Å². The van der Waals surface area contributed by atoms with E-state index in [9.17, 15) is 0 Å². The van der Waals surface area contributed by atoms with Crippen molar-refractivity contribution in [3.05, 3.63) is 12.2 Å². The highest BCUT2D eigenvalue weighted by molar-refractivity contribution is 4.89. The second-order valence-electron chi connectivity index (χ2n) is 3.34. The molecule has 0 rings (SSSR count). The van der Waals surface area contributed by atoms with Gasteiger partial charge in [0.1, 0.15) is 0 Å². The molecule has 0 aromatic rings. The first-order chi connectivity index (χ1) is 5.70. The van der Waals surface area contributed by atoms with Crippen LogP contribution in [-0.2, 0) is 4.74 Å². The predicted octanol–water partition coefficient (Wildman–Crippen LogP) is 1.99. The van der Waals surface area contributed by atoms with E-state index in [1.807, 2.05) is 12.2 Å². The predicted molar refractivity (Wildman–Crippen MR) is 51.1 cm³/mol. The Bertz CT molecular complexity index is 119. The second kappa shape index (κ2) is 7.32. The molecule has 0 aliphatic heterocycles. The number of aliphatic hydroxyl groups excluding tert-OH is 1. The first-order valence-corrected chi connectivity index (χ1v) is 4.51. The molecule has 0 saturated heterocycles. The number of methoxy groups -OCH3 is 1. The van der Waals surface area contributed by atoms with E-state index in [0.717, 1.165) is 12.8 Å². The number of rotatable bonds is 6. The SMILES string of the molecule is COC(C=CCCO)CC(C)C. The highest BCUT2D eigenvalue weighted by Gasteiger charge is 2.04. The molecule has 0 aromatic heterocycles. The molecule has 0 heterocycles. The lowest BCUT2D eigenvalue weighted by Gasteiger charge is -2.12. The van der Waals surface area contributed by atoms with Crippen LogP contribution in [0.5, 0.6) is 0 Å². The molecule has 12 heavy (non-hydrogen) atoms. The van der Waals surface area contributed by atoms with Crippen LogP contribution in [0.25, 0.3) is 0 Å². The van der Waals surface area contributed by atoms with Crippen LogP contribution in [-0.4, -0.2) is 24.9 Å². The Morgan fingerprint density at radius 1 is 1.42 bits per heavy atom. The van der Waals surface area contributed by atoms with Crippen LogP contribution in [0.3, 0.4) is 0 Å². The maximum absolute atomic E-state index is 8.54. The summed E-state index contributed by atoms with van der Waals surface area (Å²) in [5, 5.41) is 8.54. The maximum atomic E-state index is 8.54. The molecule has 0 aliphatic carbocycles. The van der Waals surface area contributed by atoms with Crippen molar-refractivity contribution in [2.45, 2.75) is 32.8 Å². The van der Waals surface area contributed by atoms with Crippen LogP contribution < -0.4 is 0 Å². The molecule has 0 amide bonds. The van der Waals surface area contributed by atoms with Gasteiger partial charge in [-0.1, -0.05) is 26.0 Å². The molecule has 0 aromatic carbocycles. The third-order valence-corrected chi connectivity index (χ3v) is 1.65. The summed E-state index contributed by atoms with van der Waals surface area (Å²) in [5.74, 6) is 0.647. The summed E-state index contributed by atoms with van der Waals surface area (Å²) >= 11 is 0. The Morgan fingerprint density at radius 2 is 2.08 bits per heavy atom. The molecular weight excluding hydrogens is 152 g/mol. The average Bonchev–Trinajstić information content (AvgIpc) is 2.02. The molecule has 0 bridgehead atoms. The highest BCUT2D eigenvalue weighted by Crippen LogP contribution is 2.08. The number of hydrogen-bond acceptors (Lipinski definition) is 2. The van der Waals surface area contributed by atoms with Crippen LogP contribution in [0.2, 0.25) is 0 Å². The Balaban J connectivity index is 3.66. The molecule has 0 fully saturated rings. The molecule has 0 saturated carbocycles. The minimum Gasteiger partial charge on any atom is -0.396 e. The van der Waals surface area contributed by atoms with E-state index < -0.39 is 0 Å². The topological polar surface area (TPSA) is 29.5 Å². The first-order valence-electron chi connectivity index (χ1n) is 4.51. The van der Waals surface area contributed by atoms with Crippen molar-refractivity contribution in [1.29, 1.82) is 0 Å². The van der Waals surface area contributed by atoms with Gasteiger partial charge in [-0.2, -0.15) is 0 Å². The van der Waals surface area contributed by atoms with Crippen molar-refractivity contribution in [1.82, 2.24) is 0 Å². The number of hydrogen-bond donors (Lipinski definition) is 1. The molecule has 2 nitrogen and oxygen atoms in total. The smallest absolute Gasteiger partial charge is 0.0754 e. The van der Waals surface area contributed by atoms with Gasteiger partial charge in [-0.05, 0) is 18.8 Å². The lowest BCUT2D eigenvalue weighted by molar-refractivity contribution is 0.122. The first kappa shape index (κ1) is 11.7. The van der Waals surface area contributed by atoms with E-state index in [1.165, 1.54) is 0 Å². The van der Waals surface area contributed by atoms with Crippen molar-refractivity contribution in [3.8, 4) is 0 Å². The van der Waals surface area contributed by atoms with Gasteiger partial charge in [-0.25, -0.2) is 0 Å². The molecule has 0 radical (unpaired) electrons. The Morgan fingerprint density at radius 3 is 2.50 bits per heavy atom. The molecule has 1 unspecified atom stereocenters. The zero-order valence-corrected chi connectivity index (χ0v) is 8.29. The third-order valence-electron chi connectivity index (χ3n) is 1.65. The molecular formula is C10H20O2. The van der Waals surface area contributed by atoms with E-state index in [-0.39, 0.29) is 12.7 Å². The van der Waals surface area contributed by atoms with Crippen molar-refractivity contribution < 1.29 is 9.84 Å². The summed E-state index contributed by atoms with van der Waals surface area (Å²) in [6.45, 7) is 4.56. The zero-order chi connectivity index (χ0) is 9.40. The Hall–Kier alpha value is -0.340. The normalized spacial score (nSPS) is 14.4. The fourth-order valence-electron chi connectivity index (χ4n) is 1.04. The van der Waals surface area contributed by atoms with Gasteiger partial charge in [0, 0.05) is 13.7 Å². The second-order valence-corrected chi connectivity index (χ2v) is 3.34. The van der Waals surface area contributed by atoms with Gasteiger partial charge in [0.25, 0.3) is 0 Å². The van der Waals surface area contributed by atoms with Crippen LogP contribution in [0, 0.1) is 5.92 Å². The van der Waals surface area contributed by atoms with Gasteiger partial charge in [0.05, 0.1) is 6.10 Å². The minimum atomic E-state index is 0.205. The summed E-state index contributed by atoms with van der Waals surface area (Å²) in [5.41, 5.74) is 0. The summed E-state index contributed by atoms with van der Waals surface area (Å²) in [4.78, 5) is 0. The maximum Gasteiger partial charge on any atom is 0.0754 e. The van der Waals surface area contributed by atoms with Gasteiger partial charge in [0.15, 0.2) is 0 Å². The zero-order valence-electron chi connectivity index (χ0n) is 8.29. The van der Waals surface area contributed by atoms with Gasteiger partial charge in [-0.15, -0.1) is 0 Å². The summed E-state index contributed by atoms with van der Waals surface area (Å²) in [6.07, 6.45) is 5.96. The fraction of sp³-hybridized carbons (Fsp3) is 0.800. The van der Waals surface area contributed by atoms with Gasteiger partial charge in [0.2, 0.25) is 0 Å². The average molecular weight is 172 g/mol. The highest BCUT2D eigenvalue weighted by atomic mass is 16.5. The van der Waals surface area contributed by atoms with Crippen molar-refractivity contribution in [3.63, 3.8) is 0 Å². The van der Waals surface area contributed by atoms with E-state index in [0.29, 0.717) is 5.92 Å². The van der Waals surface area contributed by atoms with Crippen LogP contribution >= 0.6 is 0 Å². The van der Waals surface area contributed by atoms with Crippen molar-refractivity contribution in [2.75, 3.05) is 13.7 Å². The van der Waals surface area contributed by atoms with E-state index >= 15 is 0 Å². The third kappa shape index (κ3) is 6.38. The van der Waals surface area contributed by atoms with E-state index in [2.05, 4.69) is 13.8 Å².